The van der Waals surface area contributed by atoms with E-state index in [0.717, 1.165) is 49.7 Å². The summed E-state index contributed by atoms with van der Waals surface area (Å²) < 4.78 is 0. The van der Waals surface area contributed by atoms with Crippen molar-refractivity contribution in [2.75, 3.05) is 33.3 Å². The highest BCUT2D eigenvalue weighted by molar-refractivity contribution is 5.75. The van der Waals surface area contributed by atoms with Crippen LogP contribution in [0.3, 0.4) is 0 Å². The van der Waals surface area contributed by atoms with Gasteiger partial charge in [-0.05, 0) is 45.3 Å². The number of carbonyl (C=O) groups is 1. The van der Waals surface area contributed by atoms with Crippen molar-refractivity contribution in [3.05, 3.63) is 23.3 Å². The summed E-state index contributed by atoms with van der Waals surface area (Å²) in [7, 11) is 1.65. The van der Waals surface area contributed by atoms with Crippen molar-refractivity contribution < 1.29 is 9.90 Å². The first kappa shape index (κ1) is 16.8. The maximum absolute atomic E-state index is 11.4. The molecule has 0 spiro atoms. The second kappa shape index (κ2) is 8.19. The molecule has 1 saturated heterocycles. The Hall–Kier alpha value is -1.53. The van der Waals surface area contributed by atoms with E-state index >= 15 is 0 Å². The number of hydrogen-bond acceptors (Lipinski definition) is 5. The van der Waals surface area contributed by atoms with Gasteiger partial charge in [0.25, 0.3) is 0 Å². The summed E-state index contributed by atoms with van der Waals surface area (Å²) in [6.45, 7) is 4.91. The number of nitrogens with zero attached hydrogens (tertiary/aromatic N) is 3. The summed E-state index contributed by atoms with van der Waals surface area (Å²) in [6, 6.07) is 1.97. The van der Waals surface area contributed by atoms with Gasteiger partial charge in [0, 0.05) is 37.3 Å². The fourth-order valence-electron chi connectivity index (χ4n) is 2.89. The number of likely N-dealkylation sites (tertiary alicyclic amines) is 1. The van der Waals surface area contributed by atoms with Gasteiger partial charge in [0.1, 0.15) is 5.82 Å². The predicted octanol–water partition coefficient (Wildman–Crippen LogP) is 0.635. The summed E-state index contributed by atoms with van der Waals surface area (Å²) in [5.41, 5.74) is 1.92. The van der Waals surface area contributed by atoms with Crippen molar-refractivity contribution >= 4 is 5.91 Å². The fourth-order valence-corrected chi connectivity index (χ4v) is 2.89. The van der Waals surface area contributed by atoms with Crippen LogP contribution in [0.2, 0.25) is 0 Å². The zero-order valence-electron chi connectivity index (χ0n) is 13.5. The van der Waals surface area contributed by atoms with E-state index in [1.165, 1.54) is 0 Å². The third kappa shape index (κ3) is 4.74. The molecule has 2 heterocycles. The monoisotopic (exact) mass is 306 g/mol. The SMILES string of the molecule is CNC(=O)CCc1cc(C)nc(C2CCN(CCO)CC2)n1. The maximum Gasteiger partial charge on any atom is 0.220 e. The van der Waals surface area contributed by atoms with E-state index in [-0.39, 0.29) is 12.5 Å². The van der Waals surface area contributed by atoms with E-state index in [1.807, 2.05) is 13.0 Å². The van der Waals surface area contributed by atoms with Gasteiger partial charge < -0.3 is 15.3 Å². The highest BCUT2D eigenvalue weighted by Gasteiger charge is 2.22. The van der Waals surface area contributed by atoms with Crippen LogP contribution in [0, 0.1) is 6.92 Å². The van der Waals surface area contributed by atoms with Crippen molar-refractivity contribution in [1.29, 1.82) is 0 Å². The first-order chi connectivity index (χ1) is 10.6. The molecular formula is C16H26N4O2. The van der Waals surface area contributed by atoms with Gasteiger partial charge in [-0.3, -0.25) is 4.79 Å². The first-order valence-corrected chi connectivity index (χ1v) is 8.00. The second-order valence-corrected chi connectivity index (χ2v) is 5.87. The number of piperidine rings is 1. The topological polar surface area (TPSA) is 78.4 Å². The van der Waals surface area contributed by atoms with Crippen molar-refractivity contribution in [3.8, 4) is 0 Å². The van der Waals surface area contributed by atoms with E-state index in [9.17, 15) is 4.79 Å². The minimum Gasteiger partial charge on any atom is -0.395 e. The molecular weight excluding hydrogens is 280 g/mol. The van der Waals surface area contributed by atoms with Gasteiger partial charge in [0.2, 0.25) is 5.91 Å². The number of aryl methyl sites for hydroxylation is 2. The van der Waals surface area contributed by atoms with Gasteiger partial charge in [-0.2, -0.15) is 0 Å². The molecule has 0 radical (unpaired) electrons. The molecule has 0 atom stereocenters. The number of rotatable bonds is 6. The molecule has 2 N–H and O–H groups in total. The Morgan fingerprint density at radius 1 is 1.41 bits per heavy atom. The number of aromatic nitrogens is 2. The Labute approximate surface area is 132 Å². The zero-order chi connectivity index (χ0) is 15.9. The molecule has 1 amide bonds. The van der Waals surface area contributed by atoms with Crippen molar-refractivity contribution in [1.82, 2.24) is 20.2 Å². The predicted molar refractivity (Wildman–Crippen MR) is 84.7 cm³/mol. The molecule has 6 nitrogen and oxygen atoms in total. The van der Waals surface area contributed by atoms with E-state index in [2.05, 4.69) is 20.2 Å². The Balaban J connectivity index is 1.99. The summed E-state index contributed by atoms with van der Waals surface area (Å²) >= 11 is 0. The summed E-state index contributed by atoms with van der Waals surface area (Å²) in [4.78, 5) is 22.9. The molecule has 0 saturated carbocycles. The molecule has 0 aliphatic carbocycles. The zero-order valence-corrected chi connectivity index (χ0v) is 13.5. The molecule has 122 valence electrons. The van der Waals surface area contributed by atoms with Crippen molar-refractivity contribution in [2.45, 2.75) is 38.5 Å². The lowest BCUT2D eigenvalue weighted by atomic mass is 9.95. The number of hydrogen-bond donors (Lipinski definition) is 2. The van der Waals surface area contributed by atoms with Crippen LogP contribution in [0.25, 0.3) is 0 Å². The standard InChI is InChI=1S/C16H26N4O2/c1-12-11-14(3-4-15(22)17-2)19-16(18-12)13-5-7-20(8-6-13)9-10-21/h11,13,21H,3-10H2,1-2H3,(H,17,22). The van der Waals surface area contributed by atoms with E-state index < -0.39 is 0 Å². The lowest BCUT2D eigenvalue weighted by Gasteiger charge is -2.30. The molecule has 1 aliphatic rings. The third-order valence-corrected chi connectivity index (χ3v) is 4.18. The normalized spacial score (nSPS) is 16.7. The minimum absolute atomic E-state index is 0.0372. The number of amides is 1. The number of aliphatic hydroxyl groups is 1. The van der Waals surface area contributed by atoms with Gasteiger partial charge in [-0.1, -0.05) is 0 Å². The van der Waals surface area contributed by atoms with Gasteiger partial charge in [-0.15, -0.1) is 0 Å². The van der Waals surface area contributed by atoms with Crippen LogP contribution in [-0.4, -0.2) is 59.2 Å². The number of β-amino-alcohol motifs (C(OH)–C–C–N with tert-alkyl or cyclic N) is 1. The maximum atomic E-state index is 11.4. The summed E-state index contributed by atoms with van der Waals surface area (Å²) in [6.07, 6.45) is 3.16. The van der Waals surface area contributed by atoms with Gasteiger partial charge >= 0.3 is 0 Å². The molecule has 0 bridgehead atoms. The highest BCUT2D eigenvalue weighted by Crippen LogP contribution is 2.25. The Morgan fingerprint density at radius 3 is 2.77 bits per heavy atom. The van der Waals surface area contributed by atoms with Crippen LogP contribution in [0.4, 0.5) is 0 Å². The van der Waals surface area contributed by atoms with Crippen molar-refractivity contribution in [2.24, 2.45) is 0 Å². The van der Waals surface area contributed by atoms with Crippen LogP contribution in [0.1, 0.15) is 42.4 Å². The molecule has 1 aromatic rings. The molecule has 2 rings (SSSR count). The van der Waals surface area contributed by atoms with E-state index in [4.69, 9.17) is 5.11 Å². The molecule has 1 aromatic heterocycles. The minimum atomic E-state index is 0.0372. The fraction of sp³-hybridized carbons (Fsp3) is 0.688. The van der Waals surface area contributed by atoms with Crippen LogP contribution >= 0.6 is 0 Å². The van der Waals surface area contributed by atoms with Crippen LogP contribution in [0.5, 0.6) is 0 Å². The quantitative estimate of drug-likeness (QED) is 0.806. The number of aliphatic hydroxyl groups excluding tert-OH is 1. The van der Waals surface area contributed by atoms with Crippen LogP contribution in [-0.2, 0) is 11.2 Å². The third-order valence-electron chi connectivity index (χ3n) is 4.18. The van der Waals surface area contributed by atoms with E-state index in [1.54, 1.807) is 7.05 Å². The lowest BCUT2D eigenvalue weighted by Crippen LogP contribution is -2.35. The largest absolute Gasteiger partial charge is 0.395 e. The van der Waals surface area contributed by atoms with Crippen molar-refractivity contribution in [3.63, 3.8) is 0 Å². The smallest absolute Gasteiger partial charge is 0.220 e. The lowest BCUT2D eigenvalue weighted by molar-refractivity contribution is -0.120. The molecule has 22 heavy (non-hydrogen) atoms. The summed E-state index contributed by atoms with van der Waals surface area (Å²) in [5.74, 6) is 1.33. The molecule has 0 unspecified atom stereocenters. The van der Waals surface area contributed by atoms with Gasteiger partial charge in [-0.25, -0.2) is 9.97 Å². The summed E-state index contributed by atoms with van der Waals surface area (Å²) in [5, 5.41) is 11.6. The number of carbonyl (C=O) groups excluding carboxylic acids is 1. The van der Waals surface area contributed by atoms with Crippen LogP contribution in [0.15, 0.2) is 6.07 Å². The highest BCUT2D eigenvalue weighted by atomic mass is 16.3. The molecule has 1 aliphatic heterocycles. The van der Waals surface area contributed by atoms with E-state index in [0.29, 0.717) is 18.8 Å². The average Bonchev–Trinajstić information content (AvgIpc) is 2.53. The average molecular weight is 306 g/mol. The second-order valence-electron chi connectivity index (χ2n) is 5.87. The Kier molecular flexibility index (Phi) is 6.27. The molecule has 1 fully saturated rings. The first-order valence-electron chi connectivity index (χ1n) is 8.00. The van der Waals surface area contributed by atoms with Gasteiger partial charge in [0.05, 0.1) is 6.61 Å². The Bertz CT molecular complexity index is 499. The molecule has 6 heteroatoms. The van der Waals surface area contributed by atoms with Gasteiger partial charge in [0.15, 0.2) is 0 Å². The van der Waals surface area contributed by atoms with Crippen LogP contribution < -0.4 is 5.32 Å². The molecule has 0 aromatic carbocycles. The Morgan fingerprint density at radius 2 is 2.14 bits per heavy atom. The number of nitrogens with one attached hydrogen (secondary N) is 1.